The number of nitrogens with one attached hydrogen (secondary N) is 13. The van der Waals surface area contributed by atoms with Crippen LogP contribution in [0.5, 0.6) is 0 Å². The number of methoxy groups -OCH3 is 1. The number of nitrogens with zero attached hydrogens (tertiary/aromatic N) is 1. The Morgan fingerprint density at radius 1 is 0.593 bits per heavy atom. The fourth-order valence-corrected chi connectivity index (χ4v) is 11.5. The Morgan fingerprint density at radius 2 is 1.16 bits per heavy atom. The van der Waals surface area contributed by atoms with Crippen molar-refractivity contribution in [1.82, 2.24) is 73.7 Å². The summed E-state index contributed by atoms with van der Waals surface area (Å²) in [7, 11) is 1.73. The van der Waals surface area contributed by atoms with E-state index in [1.807, 2.05) is 5.32 Å². The van der Waals surface area contributed by atoms with Crippen LogP contribution < -0.4 is 81.0 Å². The number of aromatic nitrogens is 1. The molecule has 43 heteroatoms. The maximum Gasteiger partial charge on any atom is 0.335 e. The smallest absolute Gasteiger partial charge is 0.335 e. The van der Waals surface area contributed by atoms with Crippen molar-refractivity contribution in [3.63, 3.8) is 0 Å². The van der Waals surface area contributed by atoms with Gasteiger partial charge in [0.25, 0.3) is 0 Å². The zero-order chi connectivity index (χ0) is 84.9. The van der Waals surface area contributed by atoms with Gasteiger partial charge in [-0.15, -0.1) is 0 Å². The third-order valence-electron chi connectivity index (χ3n) is 17.6. The zero-order valence-electron chi connectivity index (χ0n) is 63.8. The van der Waals surface area contributed by atoms with Gasteiger partial charge < -0.3 is 121 Å². The number of hydrogen-bond acceptors (Lipinski definition) is 23. The maximum absolute atomic E-state index is 14.9. The molecule has 0 bridgehead atoms. The molecule has 15 amide bonds. The van der Waals surface area contributed by atoms with Crippen molar-refractivity contribution in [1.29, 1.82) is 0 Å². The number of ether oxygens (including phenoxy) is 2. The van der Waals surface area contributed by atoms with Gasteiger partial charge >= 0.3 is 29.8 Å². The molecule has 0 radical (unpaired) electrons. The number of aromatic amines is 1. The summed E-state index contributed by atoms with van der Waals surface area (Å²) in [5.74, 6) is -28.9. The van der Waals surface area contributed by atoms with Crippen molar-refractivity contribution < 1.29 is 126 Å². The topological polar surface area (TPSA) is 682 Å². The number of primary amides is 2. The average molecular weight is 1600 g/mol. The summed E-state index contributed by atoms with van der Waals surface area (Å²) in [6.07, 6.45) is -3.37. The van der Waals surface area contributed by atoms with E-state index in [1.165, 1.54) is 13.8 Å². The molecule has 3 rings (SSSR count). The van der Waals surface area contributed by atoms with Gasteiger partial charge in [0, 0.05) is 50.5 Å². The molecule has 1 aromatic heterocycles. The quantitative estimate of drug-likeness (QED) is 0.0223. The third kappa shape index (κ3) is 33.3. The first-order valence-corrected chi connectivity index (χ1v) is 36.5. The number of carboxylic acid groups (broad SMARTS) is 4. The molecular formula is C70H105N17O26. The van der Waals surface area contributed by atoms with Gasteiger partial charge in [0.05, 0.1) is 38.8 Å². The number of carboxylic acids is 4. The lowest BCUT2D eigenvalue weighted by Crippen LogP contribution is -2.62. The Balaban J connectivity index is 2.22. The molecule has 13 atom stereocenters. The predicted octanol–water partition coefficient (Wildman–Crippen LogP) is -5.83. The molecule has 626 valence electrons. The number of rotatable bonds is 36. The number of likely N-dealkylation sites (N-methyl/N-ethyl adjacent to an activating group) is 1. The van der Waals surface area contributed by atoms with Gasteiger partial charge in [-0.05, 0) is 70.0 Å². The lowest BCUT2D eigenvalue weighted by molar-refractivity contribution is -0.159. The highest BCUT2D eigenvalue weighted by molar-refractivity contribution is 6.02. The number of amides is 15. The summed E-state index contributed by atoms with van der Waals surface area (Å²) >= 11 is 0. The van der Waals surface area contributed by atoms with E-state index >= 15 is 0 Å². The zero-order valence-corrected chi connectivity index (χ0v) is 63.8. The van der Waals surface area contributed by atoms with Crippen molar-refractivity contribution in [2.45, 2.75) is 229 Å². The Hall–Kier alpha value is -11.9. The largest absolute Gasteiger partial charge is 0.481 e. The van der Waals surface area contributed by atoms with E-state index in [0.717, 1.165) is 60.1 Å². The minimum Gasteiger partial charge on any atom is -0.481 e. The molecule has 1 aromatic carbocycles. The van der Waals surface area contributed by atoms with E-state index in [1.54, 1.807) is 30.5 Å². The van der Waals surface area contributed by atoms with Crippen molar-refractivity contribution >= 4 is 129 Å². The Bertz CT molecular complexity index is 3760. The summed E-state index contributed by atoms with van der Waals surface area (Å²) in [4.78, 5) is 276. The van der Waals surface area contributed by atoms with Gasteiger partial charge in [-0.2, -0.15) is 0 Å². The van der Waals surface area contributed by atoms with Crippen LogP contribution in [0.4, 0.5) is 0 Å². The summed E-state index contributed by atoms with van der Waals surface area (Å²) in [6, 6.07) is -15.1. The van der Waals surface area contributed by atoms with Crippen molar-refractivity contribution in [3.05, 3.63) is 36.0 Å². The molecule has 2 heterocycles. The lowest BCUT2D eigenvalue weighted by Gasteiger charge is -2.32. The van der Waals surface area contributed by atoms with Crippen LogP contribution in [0.15, 0.2) is 30.5 Å². The Kier molecular flexibility index (Phi) is 40.5. The second-order valence-corrected chi connectivity index (χ2v) is 27.3. The van der Waals surface area contributed by atoms with E-state index in [2.05, 4.69) is 70.4 Å². The normalized spacial score (nSPS) is 21.5. The maximum atomic E-state index is 14.9. The molecule has 113 heavy (non-hydrogen) atoms. The number of esters is 1. The molecule has 43 nitrogen and oxygen atoms in total. The second kappa shape index (κ2) is 48.0. The van der Waals surface area contributed by atoms with Crippen LogP contribution in [0.25, 0.3) is 10.9 Å². The standard InChI is InChI=1S/C70H105N17O26/c1-8-9-10-11-12-13-14-22-49(90)77-42(26-37-31-74-39-20-16-15-19-38(37)39)62(102)82-44(28-48(73)89)64(104)83-46(30-54(97)98)66(106)85-56-36(5)113-70(111)55(34(2)3)84-61(101)41(23-24-52(93)94)80-63(103)43(27-47(72)88)78-50(91)32-75-67(107)57(58(112-7)69(109)110)86-60(100)40(21-17-18-25-71)79-65(105)45(29-53(95)96)81-59(99)35(4)76-51(92)33-87(6)68(56)108/h15-16,19-20,31,34-36,40-46,55-58,74H,8-14,17-18,21-30,32-33,71H2,1-7H3,(H2,72,88)(H2,73,89)(H,75,107)(H,76,92)(H,77,90)(H,78,91)(H,79,105)(H,80,103)(H,81,99)(H,82,102)(H,83,104)(H,84,101)(H,85,106)(H,86,100)(H,93,94)(H,95,96)(H,97,98)(H,109,110). The SMILES string of the molecule is CCCCCCCCCC(=O)NC(Cc1c[nH]c2ccccc12)C(=O)NC(CC(N)=O)C(=O)NC(CC(=O)O)C(=O)NC1C(=O)N(C)CC(=O)NC(C)C(=O)NC(CC(=O)O)C(=O)NC(CCCCN)C(=O)NC(C(OC)C(=O)O)C(=O)NCC(=O)NC(CC(N)=O)C(=O)NC(CCC(=O)O)C(=O)NC(C(C)C)C(=O)OC1C. The highest BCUT2D eigenvalue weighted by Gasteiger charge is 2.42. The molecule has 1 fully saturated rings. The monoisotopic (exact) mass is 1600 g/mol. The number of H-pyrrole nitrogens is 1. The number of fused-ring (bicyclic) bond motifs is 1. The number of unbranched alkanes of at least 4 members (excludes halogenated alkanes) is 7. The van der Waals surface area contributed by atoms with Gasteiger partial charge in [-0.1, -0.05) is 77.5 Å². The molecule has 0 saturated carbocycles. The van der Waals surface area contributed by atoms with Gasteiger partial charge in [0.2, 0.25) is 88.6 Å². The first kappa shape index (κ1) is 95.3. The van der Waals surface area contributed by atoms with E-state index in [-0.39, 0.29) is 38.6 Å². The van der Waals surface area contributed by atoms with E-state index in [9.17, 15) is 116 Å². The van der Waals surface area contributed by atoms with E-state index in [0.29, 0.717) is 34.2 Å². The number of aliphatic carboxylic acids is 4. The fourth-order valence-electron chi connectivity index (χ4n) is 11.5. The summed E-state index contributed by atoms with van der Waals surface area (Å²) in [5, 5.41) is 67.0. The molecular weight excluding hydrogens is 1490 g/mol. The molecule has 1 aliphatic rings. The minimum atomic E-state index is -2.31. The third-order valence-corrected chi connectivity index (χ3v) is 17.6. The van der Waals surface area contributed by atoms with Crippen molar-refractivity contribution in [2.24, 2.45) is 23.1 Å². The number of benzene rings is 1. The molecule has 0 spiro atoms. The first-order valence-electron chi connectivity index (χ1n) is 36.5. The van der Waals surface area contributed by atoms with Crippen molar-refractivity contribution in [3.8, 4) is 0 Å². The summed E-state index contributed by atoms with van der Waals surface area (Å²) < 4.78 is 10.7. The molecule has 1 saturated heterocycles. The van der Waals surface area contributed by atoms with Gasteiger partial charge in [-0.3, -0.25) is 86.3 Å². The van der Waals surface area contributed by atoms with Crippen LogP contribution in [0, 0.1) is 5.92 Å². The van der Waals surface area contributed by atoms with E-state index < -0.39 is 255 Å². The first-order chi connectivity index (χ1) is 53.2. The van der Waals surface area contributed by atoms with Crippen LogP contribution in [-0.4, -0.2) is 261 Å². The molecule has 13 unspecified atom stereocenters. The van der Waals surface area contributed by atoms with Crippen LogP contribution in [0.3, 0.4) is 0 Å². The lowest BCUT2D eigenvalue weighted by atomic mass is 10.0. The molecule has 23 N–H and O–H groups in total. The summed E-state index contributed by atoms with van der Waals surface area (Å²) in [5.41, 5.74) is 17.8. The van der Waals surface area contributed by atoms with Gasteiger partial charge in [0.1, 0.15) is 72.6 Å². The number of cyclic esters (lactones) is 1. The number of carbonyl (C=O) groups excluding carboxylic acids is 16. The van der Waals surface area contributed by atoms with Crippen LogP contribution >= 0.6 is 0 Å². The molecule has 0 aliphatic carbocycles. The number of nitrogens with two attached hydrogens (primary N) is 3. The fraction of sp³-hybridized carbons (Fsp3) is 0.600. The van der Waals surface area contributed by atoms with Gasteiger partial charge in [-0.25, -0.2) is 9.59 Å². The number of carbonyl (C=O) groups is 20. The summed E-state index contributed by atoms with van der Waals surface area (Å²) in [6.45, 7) is 4.40. The van der Waals surface area contributed by atoms with Crippen molar-refractivity contribution in [2.75, 3.05) is 33.8 Å². The predicted molar refractivity (Wildman–Crippen MR) is 393 cm³/mol. The van der Waals surface area contributed by atoms with Crippen LogP contribution in [0.1, 0.15) is 149 Å². The highest BCUT2D eigenvalue weighted by atomic mass is 16.5. The van der Waals surface area contributed by atoms with E-state index in [4.69, 9.17) is 26.7 Å². The number of para-hydroxylation sites is 1. The average Bonchev–Trinajstić information content (AvgIpc) is 1.77. The number of hydrogen-bond donors (Lipinski definition) is 20. The second-order valence-electron chi connectivity index (χ2n) is 27.3. The molecule has 1 aliphatic heterocycles. The van der Waals surface area contributed by atoms with Crippen LogP contribution in [0.2, 0.25) is 0 Å². The Morgan fingerprint density at radius 3 is 1.73 bits per heavy atom. The van der Waals surface area contributed by atoms with Gasteiger partial charge in [0.15, 0.2) is 6.10 Å². The highest BCUT2D eigenvalue weighted by Crippen LogP contribution is 2.21. The van der Waals surface area contributed by atoms with Crippen LogP contribution in [-0.2, 0) is 112 Å². The molecule has 2 aromatic rings. The Labute approximate surface area is 648 Å². The minimum absolute atomic E-state index is 0.00162.